The lowest BCUT2D eigenvalue weighted by Crippen LogP contribution is -2.21. The van der Waals surface area contributed by atoms with Gasteiger partial charge in [-0.25, -0.2) is 4.98 Å². The average Bonchev–Trinajstić information content (AvgIpc) is 3.29. The Morgan fingerprint density at radius 2 is 1.16 bits per heavy atom. The maximum atomic E-state index is 4.97. The molecule has 0 saturated heterocycles. The molecule has 2 unspecified atom stereocenters. The molecule has 0 saturated carbocycles. The van der Waals surface area contributed by atoms with Crippen molar-refractivity contribution in [1.29, 1.82) is 0 Å². The van der Waals surface area contributed by atoms with Crippen molar-refractivity contribution in [3.8, 4) is 0 Å². The lowest BCUT2D eigenvalue weighted by Gasteiger charge is -2.34. The van der Waals surface area contributed by atoms with Gasteiger partial charge in [-0.1, -0.05) is 103 Å². The number of fused-ring (bicyclic) bond motifs is 3. The maximum absolute atomic E-state index is 4.97. The topological polar surface area (TPSA) is 17.3 Å². The van der Waals surface area contributed by atoms with Crippen molar-refractivity contribution in [1.82, 2.24) is 9.38 Å². The van der Waals surface area contributed by atoms with Crippen molar-refractivity contribution in [3.05, 3.63) is 132 Å². The van der Waals surface area contributed by atoms with Gasteiger partial charge in [0.2, 0.25) is 0 Å². The first-order chi connectivity index (χ1) is 15.4. The van der Waals surface area contributed by atoms with E-state index in [0.29, 0.717) is 0 Å². The average molecular weight is 396 g/mol. The van der Waals surface area contributed by atoms with Crippen LogP contribution in [-0.4, -0.2) is 9.38 Å². The zero-order valence-electron chi connectivity index (χ0n) is 16.9. The molecule has 1 aliphatic heterocycles. The van der Waals surface area contributed by atoms with Crippen molar-refractivity contribution < 1.29 is 0 Å². The minimum absolute atomic E-state index is 0.206. The fourth-order valence-corrected chi connectivity index (χ4v) is 5.61. The third kappa shape index (κ3) is 2.25. The predicted octanol–water partition coefficient (Wildman–Crippen LogP) is 6.92. The van der Waals surface area contributed by atoms with Gasteiger partial charge in [0.05, 0.1) is 11.2 Å². The fourth-order valence-electron chi connectivity index (χ4n) is 5.61. The van der Waals surface area contributed by atoms with Gasteiger partial charge in [-0.15, -0.1) is 0 Å². The molecule has 0 bridgehead atoms. The monoisotopic (exact) mass is 396 g/mol. The molecule has 31 heavy (non-hydrogen) atoms. The van der Waals surface area contributed by atoms with Crippen LogP contribution in [0.25, 0.3) is 27.3 Å². The molecule has 0 spiro atoms. The van der Waals surface area contributed by atoms with E-state index < -0.39 is 0 Å². The summed E-state index contributed by atoms with van der Waals surface area (Å²) in [7, 11) is 0. The summed E-state index contributed by atoms with van der Waals surface area (Å²) in [5.41, 5.74) is 7.66. The van der Waals surface area contributed by atoms with E-state index in [1.807, 2.05) is 0 Å². The molecule has 0 aliphatic carbocycles. The molecule has 2 atom stereocenters. The standard InChI is InChI=1S/C29H20N2/c1-3-10-19(11-4-1)26-24-17-9-16-22-21-14-7-8-15-23(21)29-30-18-25(31(29)28(22)24)27(26)20-12-5-2-6-13-20/h1-18,26-27H. The summed E-state index contributed by atoms with van der Waals surface area (Å²) in [4.78, 5) is 4.97. The first-order valence-electron chi connectivity index (χ1n) is 10.8. The van der Waals surface area contributed by atoms with Gasteiger partial charge in [0.25, 0.3) is 0 Å². The molecule has 0 radical (unpaired) electrons. The molecule has 1 aliphatic rings. The number of imidazole rings is 1. The molecular weight excluding hydrogens is 376 g/mol. The smallest absolute Gasteiger partial charge is 0.145 e. The number of nitrogens with zero attached hydrogens (tertiary/aromatic N) is 2. The Morgan fingerprint density at radius 3 is 1.90 bits per heavy atom. The van der Waals surface area contributed by atoms with Gasteiger partial charge in [0.15, 0.2) is 0 Å². The molecule has 2 heteroatoms. The predicted molar refractivity (Wildman–Crippen MR) is 127 cm³/mol. The van der Waals surface area contributed by atoms with E-state index in [1.165, 1.54) is 44.1 Å². The van der Waals surface area contributed by atoms with Crippen LogP contribution in [0, 0.1) is 0 Å². The van der Waals surface area contributed by atoms with E-state index in [0.717, 1.165) is 5.65 Å². The Bertz CT molecular complexity index is 1580. The highest BCUT2D eigenvalue weighted by Gasteiger charge is 2.36. The van der Waals surface area contributed by atoms with E-state index in [4.69, 9.17) is 4.98 Å². The number of pyridine rings is 1. The van der Waals surface area contributed by atoms with Gasteiger partial charge in [0, 0.05) is 28.8 Å². The van der Waals surface area contributed by atoms with Crippen LogP contribution in [0.5, 0.6) is 0 Å². The molecule has 4 aromatic carbocycles. The summed E-state index contributed by atoms with van der Waals surface area (Å²) in [6.07, 6.45) is 2.10. The minimum atomic E-state index is 0.206. The summed E-state index contributed by atoms with van der Waals surface area (Å²) in [6.45, 7) is 0. The summed E-state index contributed by atoms with van der Waals surface area (Å²) in [5, 5.41) is 3.78. The van der Waals surface area contributed by atoms with Crippen molar-refractivity contribution in [2.75, 3.05) is 0 Å². The van der Waals surface area contributed by atoms with Crippen LogP contribution in [0.4, 0.5) is 0 Å². The fraction of sp³-hybridized carbons (Fsp3) is 0.0690. The van der Waals surface area contributed by atoms with Crippen molar-refractivity contribution in [2.24, 2.45) is 0 Å². The van der Waals surface area contributed by atoms with Crippen LogP contribution >= 0.6 is 0 Å². The highest BCUT2D eigenvalue weighted by atomic mass is 15.0. The Hall–Kier alpha value is -3.91. The first kappa shape index (κ1) is 16.8. The van der Waals surface area contributed by atoms with Crippen LogP contribution in [0.3, 0.4) is 0 Å². The van der Waals surface area contributed by atoms with Crippen molar-refractivity contribution >= 4 is 27.3 Å². The zero-order valence-corrected chi connectivity index (χ0v) is 16.9. The summed E-state index contributed by atoms with van der Waals surface area (Å²) in [5.74, 6) is 0.443. The highest BCUT2D eigenvalue weighted by Crippen LogP contribution is 2.49. The van der Waals surface area contributed by atoms with Gasteiger partial charge in [-0.3, -0.25) is 4.40 Å². The van der Waals surface area contributed by atoms with Crippen LogP contribution in [0.15, 0.2) is 109 Å². The summed E-state index contributed by atoms with van der Waals surface area (Å²) in [6, 6.07) is 37.3. The largest absolute Gasteiger partial charge is 0.295 e. The van der Waals surface area contributed by atoms with Crippen LogP contribution in [0.1, 0.15) is 34.2 Å². The number of hydrogen-bond donors (Lipinski definition) is 0. The lowest BCUT2D eigenvalue weighted by molar-refractivity contribution is 0.657. The normalized spacial score (nSPS) is 17.7. The van der Waals surface area contributed by atoms with Crippen molar-refractivity contribution in [2.45, 2.75) is 11.8 Å². The number of hydrogen-bond acceptors (Lipinski definition) is 1. The summed E-state index contributed by atoms with van der Waals surface area (Å²) < 4.78 is 2.42. The molecule has 3 heterocycles. The third-order valence-corrected chi connectivity index (χ3v) is 6.84. The van der Waals surface area contributed by atoms with Crippen LogP contribution < -0.4 is 0 Å². The van der Waals surface area contributed by atoms with E-state index >= 15 is 0 Å². The zero-order chi connectivity index (χ0) is 20.4. The summed E-state index contributed by atoms with van der Waals surface area (Å²) >= 11 is 0. The Balaban J connectivity index is 1.70. The first-order valence-corrected chi connectivity index (χ1v) is 10.8. The minimum Gasteiger partial charge on any atom is -0.295 e. The molecule has 0 amide bonds. The Morgan fingerprint density at radius 1 is 0.548 bits per heavy atom. The van der Waals surface area contributed by atoms with Gasteiger partial charge in [0.1, 0.15) is 5.65 Å². The molecule has 0 N–H and O–H groups in total. The highest BCUT2D eigenvalue weighted by molar-refractivity contribution is 6.13. The molecule has 7 rings (SSSR count). The second-order valence-corrected chi connectivity index (χ2v) is 8.41. The SMILES string of the molecule is c1ccc(C2c3cccc4c5ccccc5c5ncc(n5c34)C2c2ccccc2)cc1. The second kappa shape index (κ2) is 6.29. The van der Waals surface area contributed by atoms with E-state index in [1.54, 1.807) is 0 Å². The van der Waals surface area contributed by atoms with Crippen LogP contribution in [-0.2, 0) is 0 Å². The Kier molecular flexibility index (Phi) is 3.42. The van der Waals surface area contributed by atoms with E-state index in [-0.39, 0.29) is 11.8 Å². The van der Waals surface area contributed by atoms with Gasteiger partial charge in [-0.05, 0) is 22.1 Å². The third-order valence-electron chi connectivity index (χ3n) is 6.84. The van der Waals surface area contributed by atoms with Crippen LogP contribution in [0.2, 0.25) is 0 Å². The Labute approximate surface area is 180 Å². The second-order valence-electron chi connectivity index (χ2n) is 8.41. The number of benzene rings is 4. The molecule has 0 fully saturated rings. The number of rotatable bonds is 2. The van der Waals surface area contributed by atoms with Gasteiger partial charge in [-0.2, -0.15) is 0 Å². The quantitative estimate of drug-likeness (QED) is 0.290. The van der Waals surface area contributed by atoms with Gasteiger partial charge < -0.3 is 0 Å². The van der Waals surface area contributed by atoms with E-state index in [9.17, 15) is 0 Å². The van der Waals surface area contributed by atoms with E-state index in [2.05, 4.69) is 114 Å². The maximum Gasteiger partial charge on any atom is 0.145 e. The number of para-hydroxylation sites is 1. The molecule has 2 nitrogen and oxygen atoms in total. The lowest BCUT2D eigenvalue weighted by atomic mass is 9.73. The molecule has 146 valence electrons. The van der Waals surface area contributed by atoms with Gasteiger partial charge >= 0.3 is 0 Å². The molecule has 2 aromatic heterocycles. The molecule has 6 aromatic rings. The molecular formula is C29H20N2. The number of aromatic nitrogens is 2. The van der Waals surface area contributed by atoms with Crippen molar-refractivity contribution in [3.63, 3.8) is 0 Å².